The number of hydrogen-bond acceptors (Lipinski definition) is 3. The Morgan fingerprint density at radius 2 is 2.06 bits per heavy atom. The van der Waals surface area contributed by atoms with E-state index in [1.54, 1.807) is 0 Å². The lowest BCUT2D eigenvalue weighted by Gasteiger charge is -2.27. The second-order valence-corrected chi connectivity index (χ2v) is 3.93. The first kappa shape index (κ1) is 14.0. The number of nitriles is 1. The van der Waals surface area contributed by atoms with Crippen LogP contribution in [0, 0.1) is 11.3 Å². The van der Waals surface area contributed by atoms with E-state index in [0.717, 1.165) is 5.56 Å². The van der Waals surface area contributed by atoms with E-state index in [-0.39, 0.29) is 19.6 Å². The van der Waals surface area contributed by atoms with E-state index in [4.69, 9.17) is 10.4 Å². The number of nitrogens with zero attached hydrogens (tertiary/aromatic N) is 2. The first-order valence-corrected chi connectivity index (χ1v) is 5.70. The van der Waals surface area contributed by atoms with Crippen LogP contribution in [0.3, 0.4) is 0 Å². The molecule has 18 heavy (non-hydrogen) atoms. The van der Waals surface area contributed by atoms with E-state index in [1.807, 2.05) is 36.4 Å². The summed E-state index contributed by atoms with van der Waals surface area (Å²) in [5.74, 6) is 0. The fourth-order valence-corrected chi connectivity index (χ4v) is 1.71. The van der Waals surface area contributed by atoms with Crippen LogP contribution < -0.4 is 0 Å². The van der Waals surface area contributed by atoms with Crippen molar-refractivity contribution in [2.24, 2.45) is 0 Å². The topological polar surface area (TPSA) is 84.6 Å². The average molecular weight is 248 g/mol. The van der Waals surface area contributed by atoms with E-state index in [0.29, 0.717) is 6.42 Å². The van der Waals surface area contributed by atoms with Crippen LogP contribution in [0.25, 0.3) is 0 Å². The van der Waals surface area contributed by atoms with Gasteiger partial charge in [-0.05, 0) is 12.0 Å². The van der Waals surface area contributed by atoms with Crippen LogP contribution >= 0.6 is 0 Å². The van der Waals surface area contributed by atoms with E-state index in [9.17, 15) is 9.90 Å². The van der Waals surface area contributed by atoms with Gasteiger partial charge in [0.25, 0.3) is 0 Å². The summed E-state index contributed by atoms with van der Waals surface area (Å²) in [6.07, 6.45) is -0.522. The molecule has 96 valence electrons. The predicted octanol–water partition coefficient (Wildman–Crippen LogP) is 1.83. The molecular formula is C13H16N2O3. The van der Waals surface area contributed by atoms with Crippen LogP contribution in [-0.2, 0) is 6.54 Å². The molecule has 1 unspecified atom stereocenters. The van der Waals surface area contributed by atoms with Gasteiger partial charge in [0, 0.05) is 13.0 Å². The van der Waals surface area contributed by atoms with Crippen molar-refractivity contribution in [3.05, 3.63) is 35.9 Å². The highest BCUT2D eigenvalue weighted by molar-refractivity contribution is 5.65. The number of aliphatic hydroxyl groups is 1. The number of amides is 1. The minimum atomic E-state index is -1.09. The predicted molar refractivity (Wildman–Crippen MR) is 65.7 cm³/mol. The average Bonchev–Trinajstić information content (AvgIpc) is 2.39. The highest BCUT2D eigenvalue weighted by Crippen LogP contribution is 2.12. The maximum Gasteiger partial charge on any atom is 0.407 e. The summed E-state index contributed by atoms with van der Waals surface area (Å²) in [5.41, 5.74) is 0.857. The first-order chi connectivity index (χ1) is 8.69. The third-order valence-corrected chi connectivity index (χ3v) is 2.68. The molecule has 0 saturated carbocycles. The van der Waals surface area contributed by atoms with Gasteiger partial charge in [0.05, 0.1) is 18.7 Å². The summed E-state index contributed by atoms with van der Waals surface area (Å²) >= 11 is 0. The maximum absolute atomic E-state index is 11.2. The molecule has 0 aliphatic rings. The highest BCUT2D eigenvalue weighted by Gasteiger charge is 2.22. The van der Waals surface area contributed by atoms with Crippen LogP contribution in [-0.4, -0.2) is 33.9 Å². The smallest absolute Gasteiger partial charge is 0.407 e. The van der Waals surface area contributed by atoms with Gasteiger partial charge in [-0.1, -0.05) is 30.3 Å². The van der Waals surface area contributed by atoms with Gasteiger partial charge in [0.1, 0.15) is 0 Å². The molecule has 1 atom stereocenters. The molecule has 0 aromatic heterocycles. The number of carbonyl (C=O) groups is 1. The van der Waals surface area contributed by atoms with Crippen molar-refractivity contribution in [3.8, 4) is 6.07 Å². The zero-order chi connectivity index (χ0) is 13.4. The molecule has 0 spiro atoms. The Hall–Kier alpha value is -2.06. The van der Waals surface area contributed by atoms with Gasteiger partial charge >= 0.3 is 6.09 Å². The molecule has 1 rings (SSSR count). The Bertz CT molecular complexity index is 414. The molecule has 5 nitrogen and oxygen atoms in total. The standard InChI is InChI=1S/C13H16N2O3/c14-8-4-7-12(10-16)15(13(17)18)9-11-5-2-1-3-6-11/h1-3,5-6,12,16H,4,7,9-10H2,(H,17,18). The molecule has 0 bridgehead atoms. The highest BCUT2D eigenvalue weighted by atomic mass is 16.4. The molecule has 5 heteroatoms. The van der Waals surface area contributed by atoms with Crippen LogP contribution in [0.2, 0.25) is 0 Å². The largest absolute Gasteiger partial charge is 0.465 e. The Kier molecular flexibility index (Phi) is 5.68. The Balaban J connectivity index is 2.75. The molecule has 1 aromatic carbocycles. The Labute approximate surface area is 106 Å². The third-order valence-electron chi connectivity index (χ3n) is 2.68. The second kappa shape index (κ2) is 7.30. The fourth-order valence-electron chi connectivity index (χ4n) is 1.71. The van der Waals surface area contributed by atoms with Crippen LogP contribution in [0.15, 0.2) is 30.3 Å². The van der Waals surface area contributed by atoms with Gasteiger partial charge < -0.3 is 10.2 Å². The van der Waals surface area contributed by atoms with Crippen molar-refractivity contribution in [2.45, 2.75) is 25.4 Å². The van der Waals surface area contributed by atoms with E-state index < -0.39 is 12.1 Å². The molecule has 0 aliphatic carbocycles. The van der Waals surface area contributed by atoms with Crippen molar-refractivity contribution in [1.29, 1.82) is 5.26 Å². The minimum Gasteiger partial charge on any atom is -0.465 e. The Morgan fingerprint density at radius 3 is 2.56 bits per heavy atom. The Morgan fingerprint density at radius 1 is 1.39 bits per heavy atom. The van der Waals surface area contributed by atoms with E-state index in [2.05, 4.69) is 0 Å². The van der Waals surface area contributed by atoms with Crippen molar-refractivity contribution >= 4 is 6.09 Å². The number of rotatable bonds is 6. The summed E-state index contributed by atoms with van der Waals surface area (Å²) in [6.45, 7) is -0.0619. The quantitative estimate of drug-likeness (QED) is 0.804. The molecule has 1 amide bonds. The zero-order valence-corrected chi connectivity index (χ0v) is 9.99. The van der Waals surface area contributed by atoms with Crippen molar-refractivity contribution in [2.75, 3.05) is 6.61 Å². The molecule has 0 fully saturated rings. The maximum atomic E-state index is 11.2. The number of carboxylic acid groups (broad SMARTS) is 1. The molecule has 0 saturated heterocycles. The van der Waals surface area contributed by atoms with Crippen LogP contribution in [0.5, 0.6) is 0 Å². The number of aliphatic hydroxyl groups excluding tert-OH is 1. The monoisotopic (exact) mass is 248 g/mol. The summed E-state index contributed by atoms with van der Waals surface area (Å²) in [6, 6.07) is 10.6. The lowest BCUT2D eigenvalue weighted by molar-refractivity contribution is 0.0902. The van der Waals surface area contributed by atoms with E-state index in [1.165, 1.54) is 4.90 Å². The molecular weight excluding hydrogens is 232 g/mol. The number of benzene rings is 1. The zero-order valence-electron chi connectivity index (χ0n) is 9.99. The van der Waals surface area contributed by atoms with Gasteiger partial charge in [-0.2, -0.15) is 5.26 Å². The normalized spacial score (nSPS) is 11.6. The summed E-state index contributed by atoms with van der Waals surface area (Å²) < 4.78 is 0. The van der Waals surface area contributed by atoms with Crippen LogP contribution in [0.4, 0.5) is 4.79 Å². The lowest BCUT2D eigenvalue weighted by atomic mass is 10.1. The molecule has 0 heterocycles. The molecule has 2 N–H and O–H groups in total. The van der Waals surface area contributed by atoms with Gasteiger partial charge in [0.2, 0.25) is 0 Å². The summed E-state index contributed by atoms with van der Waals surface area (Å²) in [7, 11) is 0. The first-order valence-electron chi connectivity index (χ1n) is 5.70. The fraction of sp³-hybridized carbons (Fsp3) is 0.385. The summed E-state index contributed by atoms with van der Waals surface area (Å²) in [4.78, 5) is 12.4. The van der Waals surface area contributed by atoms with Crippen molar-refractivity contribution in [1.82, 2.24) is 4.90 Å². The van der Waals surface area contributed by atoms with E-state index >= 15 is 0 Å². The van der Waals surface area contributed by atoms with Gasteiger partial charge in [0.15, 0.2) is 0 Å². The molecule has 0 aliphatic heterocycles. The third kappa shape index (κ3) is 4.07. The SMILES string of the molecule is N#CCCC(CO)N(Cc1ccccc1)C(=O)O. The minimum absolute atomic E-state index is 0.215. The van der Waals surface area contributed by atoms with Gasteiger partial charge in [-0.15, -0.1) is 0 Å². The second-order valence-electron chi connectivity index (χ2n) is 3.93. The van der Waals surface area contributed by atoms with Gasteiger partial charge in [-0.25, -0.2) is 4.79 Å². The number of hydrogen-bond donors (Lipinski definition) is 2. The van der Waals surface area contributed by atoms with Gasteiger partial charge in [-0.3, -0.25) is 4.90 Å². The molecule has 0 radical (unpaired) electrons. The summed E-state index contributed by atoms with van der Waals surface area (Å²) in [5, 5.41) is 26.9. The van der Waals surface area contributed by atoms with Crippen LogP contribution in [0.1, 0.15) is 18.4 Å². The van der Waals surface area contributed by atoms with Crippen molar-refractivity contribution < 1.29 is 15.0 Å². The lowest BCUT2D eigenvalue weighted by Crippen LogP contribution is -2.41. The van der Waals surface area contributed by atoms with Crippen molar-refractivity contribution in [3.63, 3.8) is 0 Å². The molecule has 1 aromatic rings.